The zero-order chi connectivity index (χ0) is 13.4. The number of nitrogens with one attached hydrogen (secondary N) is 2. The number of hydrogen-bond donors (Lipinski definition) is 2. The van der Waals surface area contributed by atoms with Crippen LogP contribution in [0.5, 0.6) is 0 Å². The Hall–Kier alpha value is -0.210. The fourth-order valence-corrected chi connectivity index (χ4v) is 3.42. The smallest absolute Gasteiger partial charge is 0.279 e. The molecule has 108 valence electrons. The molecule has 1 aliphatic heterocycles. The van der Waals surface area contributed by atoms with Crippen molar-refractivity contribution in [3.05, 3.63) is 0 Å². The third-order valence-corrected chi connectivity index (χ3v) is 4.68. The van der Waals surface area contributed by atoms with Crippen molar-refractivity contribution in [3.63, 3.8) is 0 Å². The molecule has 0 radical (unpaired) electrons. The quantitative estimate of drug-likeness (QED) is 0.603. The zero-order valence-corrected chi connectivity index (χ0v) is 12.1. The van der Waals surface area contributed by atoms with Crippen LogP contribution in [0.3, 0.4) is 0 Å². The second-order valence-electron chi connectivity index (χ2n) is 4.57. The van der Waals surface area contributed by atoms with Gasteiger partial charge in [0.25, 0.3) is 10.2 Å². The number of ether oxygens (including phenoxy) is 1. The zero-order valence-electron chi connectivity index (χ0n) is 11.3. The summed E-state index contributed by atoms with van der Waals surface area (Å²) < 4.78 is 33.0. The Morgan fingerprint density at radius 1 is 1.44 bits per heavy atom. The lowest BCUT2D eigenvalue weighted by atomic mass is 10.00. The number of piperidine rings is 1. The van der Waals surface area contributed by atoms with E-state index in [4.69, 9.17) is 4.74 Å². The number of hydrogen-bond acceptors (Lipinski definition) is 4. The van der Waals surface area contributed by atoms with Gasteiger partial charge in [-0.1, -0.05) is 6.92 Å². The van der Waals surface area contributed by atoms with E-state index in [2.05, 4.69) is 17.0 Å². The monoisotopic (exact) mass is 279 g/mol. The molecule has 0 aliphatic carbocycles. The van der Waals surface area contributed by atoms with E-state index in [-0.39, 0.29) is 0 Å². The molecule has 0 saturated carbocycles. The summed E-state index contributed by atoms with van der Waals surface area (Å²) in [6.07, 6.45) is 2.03. The van der Waals surface area contributed by atoms with Gasteiger partial charge in [-0.3, -0.25) is 0 Å². The van der Waals surface area contributed by atoms with E-state index in [1.54, 1.807) is 11.4 Å². The Labute approximate surface area is 110 Å². The van der Waals surface area contributed by atoms with Crippen molar-refractivity contribution in [1.29, 1.82) is 0 Å². The third kappa shape index (κ3) is 5.19. The van der Waals surface area contributed by atoms with Crippen LogP contribution in [0.25, 0.3) is 0 Å². The molecule has 1 saturated heterocycles. The van der Waals surface area contributed by atoms with E-state index in [1.165, 1.54) is 0 Å². The minimum Gasteiger partial charge on any atom is -0.383 e. The van der Waals surface area contributed by atoms with Gasteiger partial charge in [0.2, 0.25) is 0 Å². The fraction of sp³-hybridized carbons (Fsp3) is 1.00. The van der Waals surface area contributed by atoms with Crippen LogP contribution in [0.4, 0.5) is 0 Å². The van der Waals surface area contributed by atoms with Gasteiger partial charge in [-0.25, -0.2) is 0 Å². The SMILES string of the molecule is CCNCC1CCCN(S(=O)(=O)NCCOC)C1. The molecule has 0 aromatic carbocycles. The summed E-state index contributed by atoms with van der Waals surface area (Å²) in [5.41, 5.74) is 0. The standard InChI is InChI=1S/C11H25N3O3S/c1-3-12-9-11-5-4-7-14(10-11)18(15,16)13-6-8-17-2/h11-13H,3-10H2,1-2H3. The molecule has 0 amide bonds. The highest BCUT2D eigenvalue weighted by molar-refractivity contribution is 7.87. The van der Waals surface area contributed by atoms with E-state index in [0.717, 1.165) is 25.9 Å². The molecule has 6 nitrogen and oxygen atoms in total. The van der Waals surface area contributed by atoms with Crippen LogP contribution < -0.4 is 10.0 Å². The summed E-state index contributed by atoms with van der Waals surface area (Å²) in [6, 6.07) is 0. The molecule has 1 heterocycles. The largest absolute Gasteiger partial charge is 0.383 e. The van der Waals surface area contributed by atoms with Gasteiger partial charge in [-0.05, 0) is 31.8 Å². The van der Waals surface area contributed by atoms with Crippen LogP contribution in [-0.4, -0.2) is 59.2 Å². The van der Waals surface area contributed by atoms with Crippen LogP contribution in [0.2, 0.25) is 0 Å². The summed E-state index contributed by atoms with van der Waals surface area (Å²) in [6.45, 7) is 5.82. The minimum absolute atomic E-state index is 0.327. The highest BCUT2D eigenvalue weighted by Crippen LogP contribution is 2.17. The Morgan fingerprint density at radius 3 is 2.89 bits per heavy atom. The van der Waals surface area contributed by atoms with Gasteiger partial charge in [0.05, 0.1) is 6.61 Å². The predicted octanol–water partition coefficient (Wildman–Crippen LogP) is -0.211. The highest BCUT2D eigenvalue weighted by Gasteiger charge is 2.28. The summed E-state index contributed by atoms with van der Waals surface area (Å²) in [7, 11) is -1.78. The Morgan fingerprint density at radius 2 is 2.22 bits per heavy atom. The molecular formula is C11H25N3O3S. The second kappa shape index (κ2) is 8.06. The van der Waals surface area contributed by atoms with Crippen LogP contribution in [0, 0.1) is 5.92 Å². The molecule has 1 fully saturated rings. The first-order valence-electron chi connectivity index (χ1n) is 6.54. The van der Waals surface area contributed by atoms with Crippen molar-refractivity contribution in [2.45, 2.75) is 19.8 Å². The molecular weight excluding hydrogens is 254 g/mol. The average molecular weight is 279 g/mol. The highest BCUT2D eigenvalue weighted by atomic mass is 32.2. The lowest BCUT2D eigenvalue weighted by Crippen LogP contribution is -2.48. The first-order valence-corrected chi connectivity index (χ1v) is 7.98. The number of rotatable bonds is 8. The molecule has 0 aromatic heterocycles. The summed E-state index contributed by atoms with van der Waals surface area (Å²) >= 11 is 0. The van der Waals surface area contributed by atoms with Gasteiger partial charge in [0, 0.05) is 26.7 Å². The maximum Gasteiger partial charge on any atom is 0.279 e. The third-order valence-electron chi connectivity index (χ3n) is 3.10. The van der Waals surface area contributed by atoms with Crippen LogP contribution >= 0.6 is 0 Å². The lowest BCUT2D eigenvalue weighted by molar-refractivity contribution is 0.202. The number of methoxy groups -OCH3 is 1. The summed E-state index contributed by atoms with van der Waals surface area (Å²) in [5.74, 6) is 0.415. The normalized spacial score (nSPS) is 22.2. The summed E-state index contributed by atoms with van der Waals surface area (Å²) in [4.78, 5) is 0. The predicted molar refractivity (Wildman–Crippen MR) is 71.6 cm³/mol. The molecule has 1 unspecified atom stereocenters. The first-order chi connectivity index (χ1) is 8.60. The Balaban J connectivity index is 2.43. The van der Waals surface area contributed by atoms with E-state index in [9.17, 15) is 8.42 Å². The molecule has 7 heteroatoms. The van der Waals surface area contributed by atoms with E-state index >= 15 is 0 Å². The first kappa shape index (κ1) is 15.8. The maximum absolute atomic E-state index is 12.0. The molecule has 1 rings (SSSR count). The van der Waals surface area contributed by atoms with Crippen LogP contribution in [0.1, 0.15) is 19.8 Å². The number of nitrogens with zero attached hydrogens (tertiary/aromatic N) is 1. The van der Waals surface area contributed by atoms with Gasteiger partial charge in [0.15, 0.2) is 0 Å². The summed E-state index contributed by atoms with van der Waals surface area (Å²) in [5, 5.41) is 3.28. The molecule has 2 N–H and O–H groups in total. The van der Waals surface area contributed by atoms with Crippen molar-refractivity contribution in [3.8, 4) is 0 Å². The molecule has 18 heavy (non-hydrogen) atoms. The van der Waals surface area contributed by atoms with Gasteiger partial charge in [-0.15, -0.1) is 0 Å². The van der Waals surface area contributed by atoms with Crippen molar-refractivity contribution in [2.75, 3.05) is 46.4 Å². The van der Waals surface area contributed by atoms with Crippen LogP contribution in [0.15, 0.2) is 0 Å². The van der Waals surface area contributed by atoms with Crippen molar-refractivity contribution in [2.24, 2.45) is 5.92 Å². The molecule has 1 atom stereocenters. The van der Waals surface area contributed by atoms with Crippen molar-refractivity contribution >= 4 is 10.2 Å². The van der Waals surface area contributed by atoms with E-state index < -0.39 is 10.2 Å². The van der Waals surface area contributed by atoms with Crippen molar-refractivity contribution in [1.82, 2.24) is 14.3 Å². The van der Waals surface area contributed by atoms with Gasteiger partial charge >= 0.3 is 0 Å². The Kier molecular flexibility index (Phi) is 7.10. The van der Waals surface area contributed by atoms with Gasteiger partial charge in [-0.2, -0.15) is 17.4 Å². The molecule has 0 aromatic rings. The maximum atomic E-state index is 12.0. The van der Waals surface area contributed by atoms with Gasteiger partial charge in [0.1, 0.15) is 0 Å². The topological polar surface area (TPSA) is 70.7 Å². The average Bonchev–Trinajstić information content (AvgIpc) is 2.37. The van der Waals surface area contributed by atoms with E-state index in [0.29, 0.717) is 32.2 Å². The van der Waals surface area contributed by atoms with E-state index in [1.807, 2.05) is 0 Å². The molecule has 1 aliphatic rings. The van der Waals surface area contributed by atoms with Crippen LogP contribution in [-0.2, 0) is 14.9 Å². The molecule has 0 spiro atoms. The second-order valence-corrected chi connectivity index (χ2v) is 6.32. The Bertz CT molecular complexity index is 321. The van der Waals surface area contributed by atoms with Gasteiger partial charge < -0.3 is 10.1 Å². The lowest BCUT2D eigenvalue weighted by Gasteiger charge is -2.32. The minimum atomic E-state index is -3.34. The fourth-order valence-electron chi connectivity index (χ4n) is 2.12. The molecule has 0 bridgehead atoms. The van der Waals surface area contributed by atoms with Crippen molar-refractivity contribution < 1.29 is 13.2 Å².